The Kier molecular flexibility index (Phi) is 9.60. The van der Waals surface area contributed by atoms with Gasteiger partial charge in [-0.2, -0.15) is 0 Å². The number of nitrogen functional groups attached to an aromatic ring is 1. The molecule has 0 radical (unpaired) electrons. The van der Waals surface area contributed by atoms with Crippen molar-refractivity contribution in [3.05, 3.63) is 24.3 Å². The first-order chi connectivity index (χ1) is 9.83. The summed E-state index contributed by atoms with van der Waals surface area (Å²) < 4.78 is 21.1. The predicted octanol–water partition coefficient (Wildman–Crippen LogP) is 0.690. The molecule has 0 saturated carbocycles. The Balaban J connectivity index is 1.85. The van der Waals surface area contributed by atoms with Crippen molar-refractivity contribution in [2.24, 2.45) is 0 Å². The van der Waals surface area contributed by atoms with Gasteiger partial charge in [-0.25, -0.2) is 0 Å². The highest BCUT2D eigenvalue weighted by atomic mass is 16.6. The minimum absolute atomic E-state index is 0.0379. The maximum atomic E-state index is 8.48. The first kappa shape index (κ1) is 16.7. The lowest BCUT2D eigenvalue weighted by atomic mass is 10.3. The summed E-state index contributed by atoms with van der Waals surface area (Å²) in [5, 5.41) is 8.48. The molecule has 0 amide bonds. The lowest BCUT2D eigenvalue weighted by Crippen LogP contribution is -2.13. The van der Waals surface area contributed by atoms with Crippen molar-refractivity contribution in [1.82, 2.24) is 0 Å². The summed E-state index contributed by atoms with van der Waals surface area (Å²) in [7, 11) is 0. The van der Waals surface area contributed by atoms with Gasteiger partial charge < -0.3 is 29.8 Å². The number of rotatable bonds is 12. The smallest absolute Gasteiger partial charge is 0.121 e. The second-order valence-electron chi connectivity index (χ2n) is 3.98. The molecule has 20 heavy (non-hydrogen) atoms. The van der Waals surface area contributed by atoms with Gasteiger partial charge in [0.1, 0.15) is 12.4 Å². The van der Waals surface area contributed by atoms with E-state index in [1.165, 1.54) is 0 Å². The first-order valence-corrected chi connectivity index (χ1v) is 6.65. The molecule has 0 aliphatic rings. The Bertz CT molecular complexity index is 348. The molecule has 114 valence electrons. The summed E-state index contributed by atoms with van der Waals surface area (Å²) in [6.45, 7) is 3.38. The maximum absolute atomic E-state index is 8.48. The fourth-order valence-electron chi connectivity index (χ4n) is 1.43. The lowest BCUT2D eigenvalue weighted by molar-refractivity contribution is 0.00361. The van der Waals surface area contributed by atoms with Crippen LogP contribution in [0, 0.1) is 0 Å². The van der Waals surface area contributed by atoms with E-state index in [1.54, 1.807) is 6.07 Å². The molecule has 0 aromatic heterocycles. The minimum atomic E-state index is 0.0379. The van der Waals surface area contributed by atoms with Gasteiger partial charge in [0.15, 0.2) is 0 Å². The molecule has 1 aromatic rings. The van der Waals surface area contributed by atoms with Crippen LogP contribution in [0.15, 0.2) is 24.3 Å². The molecule has 0 aliphatic carbocycles. The quantitative estimate of drug-likeness (QED) is 0.434. The fraction of sp³-hybridized carbons (Fsp3) is 0.571. The lowest BCUT2D eigenvalue weighted by Gasteiger charge is -2.08. The summed E-state index contributed by atoms with van der Waals surface area (Å²) in [5.41, 5.74) is 6.32. The number of anilines is 1. The van der Waals surface area contributed by atoms with E-state index in [-0.39, 0.29) is 6.61 Å². The van der Waals surface area contributed by atoms with E-state index in [0.29, 0.717) is 51.9 Å². The number of benzene rings is 1. The van der Waals surface area contributed by atoms with Crippen LogP contribution < -0.4 is 10.5 Å². The number of nitrogens with two attached hydrogens (primary N) is 1. The second kappa shape index (κ2) is 11.5. The van der Waals surface area contributed by atoms with Gasteiger partial charge >= 0.3 is 0 Å². The first-order valence-electron chi connectivity index (χ1n) is 6.65. The van der Waals surface area contributed by atoms with Crippen LogP contribution in [0.5, 0.6) is 5.75 Å². The standard InChI is InChI=1S/C14H23NO5/c15-13-2-1-3-14(12-13)20-11-10-19-9-8-18-7-6-17-5-4-16/h1-3,12,16H,4-11,15H2. The summed E-state index contributed by atoms with van der Waals surface area (Å²) >= 11 is 0. The Labute approximate surface area is 119 Å². The van der Waals surface area contributed by atoms with Gasteiger partial charge in [-0.3, -0.25) is 0 Å². The van der Waals surface area contributed by atoms with E-state index in [2.05, 4.69) is 0 Å². The van der Waals surface area contributed by atoms with E-state index in [4.69, 9.17) is 29.8 Å². The Morgan fingerprint density at radius 2 is 1.45 bits per heavy atom. The SMILES string of the molecule is Nc1cccc(OCCOCCOCCOCCO)c1. The predicted molar refractivity (Wildman–Crippen MR) is 75.9 cm³/mol. The zero-order valence-corrected chi connectivity index (χ0v) is 11.6. The molecular formula is C14H23NO5. The molecule has 0 heterocycles. The largest absolute Gasteiger partial charge is 0.491 e. The van der Waals surface area contributed by atoms with E-state index in [0.717, 1.165) is 5.75 Å². The van der Waals surface area contributed by atoms with Crippen LogP contribution in [0.25, 0.3) is 0 Å². The topological polar surface area (TPSA) is 83.2 Å². The maximum Gasteiger partial charge on any atom is 0.121 e. The summed E-state index contributed by atoms with van der Waals surface area (Å²) in [4.78, 5) is 0. The van der Waals surface area contributed by atoms with Gasteiger partial charge in [0, 0.05) is 11.8 Å². The van der Waals surface area contributed by atoms with E-state index in [9.17, 15) is 0 Å². The monoisotopic (exact) mass is 285 g/mol. The van der Waals surface area contributed by atoms with Crippen LogP contribution in [0.1, 0.15) is 0 Å². The molecule has 0 aliphatic heterocycles. The van der Waals surface area contributed by atoms with Crippen molar-refractivity contribution in [3.8, 4) is 5.75 Å². The van der Waals surface area contributed by atoms with Crippen LogP contribution >= 0.6 is 0 Å². The van der Waals surface area contributed by atoms with Crippen LogP contribution in [0.3, 0.4) is 0 Å². The van der Waals surface area contributed by atoms with Crippen molar-refractivity contribution in [2.75, 3.05) is 58.6 Å². The molecule has 0 unspecified atom stereocenters. The fourth-order valence-corrected chi connectivity index (χ4v) is 1.43. The van der Waals surface area contributed by atoms with Crippen molar-refractivity contribution < 1.29 is 24.1 Å². The molecular weight excluding hydrogens is 262 g/mol. The van der Waals surface area contributed by atoms with Crippen LogP contribution in [-0.2, 0) is 14.2 Å². The average Bonchev–Trinajstić information content (AvgIpc) is 2.45. The van der Waals surface area contributed by atoms with E-state index < -0.39 is 0 Å². The van der Waals surface area contributed by atoms with Gasteiger partial charge in [0.05, 0.1) is 46.2 Å². The zero-order valence-electron chi connectivity index (χ0n) is 11.6. The van der Waals surface area contributed by atoms with Crippen LogP contribution in [0.4, 0.5) is 5.69 Å². The van der Waals surface area contributed by atoms with Gasteiger partial charge in [0.25, 0.3) is 0 Å². The van der Waals surface area contributed by atoms with Crippen molar-refractivity contribution >= 4 is 5.69 Å². The molecule has 6 nitrogen and oxygen atoms in total. The zero-order chi connectivity index (χ0) is 14.5. The number of aliphatic hydroxyl groups excluding tert-OH is 1. The third kappa shape index (κ3) is 8.71. The Hall–Kier alpha value is -1.34. The highest BCUT2D eigenvalue weighted by molar-refractivity contribution is 5.43. The minimum Gasteiger partial charge on any atom is -0.491 e. The van der Waals surface area contributed by atoms with Gasteiger partial charge in [0.2, 0.25) is 0 Å². The Morgan fingerprint density at radius 1 is 0.850 bits per heavy atom. The molecule has 6 heteroatoms. The highest BCUT2D eigenvalue weighted by Gasteiger charge is 1.95. The summed E-state index contributed by atoms with van der Waals surface area (Å²) in [6, 6.07) is 7.28. The third-order valence-corrected chi connectivity index (χ3v) is 2.33. The molecule has 3 N–H and O–H groups in total. The molecule has 0 saturated heterocycles. The highest BCUT2D eigenvalue weighted by Crippen LogP contribution is 2.13. The van der Waals surface area contributed by atoms with E-state index >= 15 is 0 Å². The Morgan fingerprint density at radius 3 is 2.05 bits per heavy atom. The number of aliphatic hydroxyl groups is 1. The number of ether oxygens (including phenoxy) is 4. The summed E-state index contributed by atoms with van der Waals surface area (Å²) in [6.07, 6.45) is 0. The van der Waals surface area contributed by atoms with Crippen LogP contribution in [-0.4, -0.2) is 58.0 Å². The van der Waals surface area contributed by atoms with Gasteiger partial charge in [-0.15, -0.1) is 0 Å². The van der Waals surface area contributed by atoms with Crippen molar-refractivity contribution in [3.63, 3.8) is 0 Å². The third-order valence-electron chi connectivity index (χ3n) is 2.33. The average molecular weight is 285 g/mol. The normalized spacial score (nSPS) is 10.7. The van der Waals surface area contributed by atoms with Gasteiger partial charge in [-0.05, 0) is 12.1 Å². The molecule has 0 fully saturated rings. The molecule has 0 bridgehead atoms. The second-order valence-corrected chi connectivity index (χ2v) is 3.98. The van der Waals surface area contributed by atoms with Crippen LogP contribution in [0.2, 0.25) is 0 Å². The van der Waals surface area contributed by atoms with Crippen molar-refractivity contribution in [2.45, 2.75) is 0 Å². The number of hydrogen-bond acceptors (Lipinski definition) is 6. The van der Waals surface area contributed by atoms with Crippen molar-refractivity contribution in [1.29, 1.82) is 0 Å². The molecule has 1 rings (SSSR count). The van der Waals surface area contributed by atoms with E-state index in [1.807, 2.05) is 18.2 Å². The molecule has 0 atom stereocenters. The summed E-state index contributed by atoms with van der Waals surface area (Å²) in [5.74, 6) is 0.742. The molecule has 0 spiro atoms. The number of hydrogen-bond donors (Lipinski definition) is 2. The van der Waals surface area contributed by atoms with Gasteiger partial charge in [-0.1, -0.05) is 6.07 Å². The molecule has 1 aromatic carbocycles.